The highest BCUT2D eigenvalue weighted by molar-refractivity contribution is 7.99. The summed E-state index contributed by atoms with van der Waals surface area (Å²) < 4.78 is 25.9. The van der Waals surface area contributed by atoms with E-state index < -0.39 is 15.1 Å². The number of hydrogen-bond donors (Lipinski definition) is 1. The average molecular weight is 365 g/mol. The second-order valence-electron chi connectivity index (χ2n) is 6.11. The van der Waals surface area contributed by atoms with Crippen LogP contribution in [0, 0.1) is 11.8 Å². The van der Waals surface area contributed by atoms with Crippen LogP contribution in [-0.4, -0.2) is 31.1 Å². The van der Waals surface area contributed by atoms with E-state index in [2.05, 4.69) is 0 Å². The minimum atomic E-state index is -3.56. The normalized spacial score (nSPS) is 14.5. The Hall–Kier alpha value is -1.30. The Bertz CT molecular complexity index is 713. The maximum Gasteiger partial charge on any atom is 0.183 e. The molecule has 0 spiro atoms. The number of hydrogen-bond acceptors (Lipinski definition) is 4. The van der Waals surface area contributed by atoms with Crippen LogP contribution >= 0.6 is 11.8 Å². The predicted octanol–water partition coefficient (Wildman–Crippen LogP) is 3.89. The van der Waals surface area contributed by atoms with Gasteiger partial charge in [-0.05, 0) is 36.1 Å². The Labute approximate surface area is 149 Å². The molecule has 2 aromatic rings. The topological polar surface area (TPSA) is 54.4 Å². The summed E-state index contributed by atoms with van der Waals surface area (Å²) in [6.07, 6.45) is 0. The molecule has 0 unspecified atom stereocenters. The van der Waals surface area contributed by atoms with Crippen molar-refractivity contribution in [2.45, 2.75) is 28.9 Å². The molecule has 0 saturated heterocycles. The lowest BCUT2D eigenvalue weighted by molar-refractivity contribution is 0.245. The maximum atomic E-state index is 13.0. The molecule has 0 aliphatic rings. The molecule has 2 rings (SSSR count). The van der Waals surface area contributed by atoms with E-state index >= 15 is 0 Å². The van der Waals surface area contributed by atoms with Gasteiger partial charge in [0.2, 0.25) is 0 Å². The van der Waals surface area contributed by atoms with E-state index in [1.807, 2.05) is 44.2 Å². The van der Waals surface area contributed by atoms with Gasteiger partial charge in [-0.1, -0.05) is 50.2 Å². The predicted molar refractivity (Wildman–Crippen MR) is 100.0 cm³/mol. The first kappa shape index (κ1) is 19.0. The zero-order chi connectivity index (χ0) is 17.6. The van der Waals surface area contributed by atoms with Gasteiger partial charge < -0.3 is 5.11 Å². The fourth-order valence-electron chi connectivity index (χ4n) is 2.69. The Morgan fingerprint density at radius 3 is 2.00 bits per heavy atom. The molecular weight excluding hydrogens is 340 g/mol. The van der Waals surface area contributed by atoms with Crippen molar-refractivity contribution < 1.29 is 13.5 Å². The molecule has 3 nitrogen and oxygen atoms in total. The van der Waals surface area contributed by atoms with Crippen LogP contribution in [-0.2, 0) is 9.84 Å². The van der Waals surface area contributed by atoms with Gasteiger partial charge in [-0.15, -0.1) is 11.8 Å². The third-order valence-electron chi connectivity index (χ3n) is 4.17. The molecular formula is C19H24O3S2. The monoisotopic (exact) mass is 364 g/mol. The highest BCUT2D eigenvalue weighted by Gasteiger charge is 2.35. The Morgan fingerprint density at radius 2 is 1.50 bits per heavy atom. The molecule has 0 radical (unpaired) electrons. The van der Waals surface area contributed by atoms with Crippen LogP contribution in [0.25, 0.3) is 0 Å². The van der Waals surface area contributed by atoms with Crippen molar-refractivity contribution in [1.82, 2.24) is 0 Å². The lowest BCUT2D eigenvalue weighted by atomic mass is 9.94. The van der Waals surface area contributed by atoms with E-state index in [-0.39, 0.29) is 23.3 Å². The van der Waals surface area contributed by atoms with E-state index in [0.717, 1.165) is 4.90 Å². The lowest BCUT2D eigenvalue weighted by Crippen LogP contribution is -2.37. The summed E-state index contributed by atoms with van der Waals surface area (Å²) in [6, 6.07) is 18.3. The molecule has 0 aliphatic carbocycles. The Balaban J connectivity index is 2.23. The van der Waals surface area contributed by atoms with E-state index in [1.54, 1.807) is 42.1 Å². The smallest absolute Gasteiger partial charge is 0.183 e. The number of sulfone groups is 1. The molecule has 0 fully saturated rings. The molecule has 0 bridgehead atoms. The summed E-state index contributed by atoms with van der Waals surface area (Å²) in [4.78, 5) is 1.39. The van der Waals surface area contributed by atoms with Gasteiger partial charge in [-0.3, -0.25) is 0 Å². The van der Waals surface area contributed by atoms with Gasteiger partial charge in [-0.25, -0.2) is 8.42 Å². The van der Waals surface area contributed by atoms with Gasteiger partial charge in [-0.2, -0.15) is 0 Å². The number of benzene rings is 2. The van der Waals surface area contributed by atoms with Crippen molar-refractivity contribution in [3.63, 3.8) is 0 Å². The molecule has 0 amide bonds. The molecule has 5 heteroatoms. The van der Waals surface area contributed by atoms with Crippen LogP contribution in [0.1, 0.15) is 13.8 Å². The molecule has 0 aliphatic heterocycles. The zero-order valence-electron chi connectivity index (χ0n) is 14.0. The quantitative estimate of drug-likeness (QED) is 0.722. The maximum absolute atomic E-state index is 13.0. The van der Waals surface area contributed by atoms with Crippen LogP contribution in [0.2, 0.25) is 0 Å². The van der Waals surface area contributed by atoms with Crippen molar-refractivity contribution in [1.29, 1.82) is 0 Å². The van der Waals surface area contributed by atoms with Crippen molar-refractivity contribution in [3.05, 3.63) is 60.7 Å². The largest absolute Gasteiger partial charge is 0.395 e. The first-order valence-corrected chi connectivity index (χ1v) is 10.6. The summed E-state index contributed by atoms with van der Waals surface area (Å²) in [5.41, 5.74) is 0. The molecule has 0 aromatic heterocycles. The van der Waals surface area contributed by atoms with Crippen molar-refractivity contribution in [3.8, 4) is 0 Å². The van der Waals surface area contributed by atoms with Crippen molar-refractivity contribution in [2.24, 2.45) is 11.8 Å². The SMILES string of the molecule is CC(C)[C@H](CSc1ccccc1)[C@@H](CO)S(=O)(=O)c1ccccc1. The number of thioether (sulfide) groups is 1. The van der Waals surface area contributed by atoms with Gasteiger partial charge >= 0.3 is 0 Å². The Morgan fingerprint density at radius 1 is 0.958 bits per heavy atom. The standard InChI is InChI=1S/C19H24O3S2/c1-15(2)18(14-23-16-9-5-3-6-10-16)19(13-20)24(21,22)17-11-7-4-8-12-17/h3-12,15,18-20H,13-14H2,1-2H3/t18-,19+/m0/s1. The molecule has 2 atom stereocenters. The first-order valence-electron chi connectivity index (χ1n) is 8.04. The molecule has 2 aromatic carbocycles. The molecule has 130 valence electrons. The summed E-state index contributed by atoms with van der Waals surface area (Å²) in [7, 11) is -3.56. The van der Waals surface area contributed by atoms with E-state index in [4.69, 9.17) is 0 Å². The minimum absolute atomic E-state index is 0.134. The van der Waals surface area contributed by atoms with Gasteiger partial charge in [0.15, 0.2) is 9.84 Å². The second kappa shape index (κ2) is 8.70. The highest BCUT2D eigenvalue weighted by Crippen LogP contribution is 2.31. The molecule has 1 N–H and O–H groups in total. The third-order valence-corrected chi connectivity index (χ3v) is 7.55. The zero-order valence-corrected chi connectivity index (χ0v) is 15.6. The van der Waals surface area contributed by atoms with Gasteiger partial charge in [0.25, 0.3) is 0 Å². The van der Waals surface area contributed by atoms with E-state index in [9.17, 15) is 13.5 Å². The van der Waals surface area contributed by atoms with Gasteiger partial charge in [0.1, 0.15) is 0 Å². The van der Waals surface area contributed by atoms with Crippen LogP contribution in [0.15, 0.2) is 70.5 Å². The Kier molecular flexibility index (Phi) is 6.90. The summed E-state index contributed by atoms with van der Waals surface area (Å²) >= 11 is 1.64. The highest BCUT2D eigenvalue weighted by atomic mass is 32.2. The van der Waals surface area contributed by atoms with Crippen molar-refractivity contribution in [2.75, 3.05) is 12.4 Å². The average Bonchev–Trinajstić information content (AvgIpc) is 2.59. The van der Waals surface area contributed by atoms with E-state index in [0.29, 0.717) is 5.75 Å². The number of aliphatic hydroxyl groups excluding tert-OH is 1. The summed E-state index contributed by atoms with van der Waals surface area (Å²) in [5.74, 6) is 0.668. The van der Waals surface area contributed by atoms with Crippen LogP contribution < -0.4 is 0 Å². The van der Waals surface area contributed by atoms with Crippen LogP contribution in [0.3, 0.4) is 0 Å². The summed E-state index contributed by atoms with van der Waals surface area (Å²) in [6.45, 7) is 3.66. The lowest BCUT2D eigenvalue weighted by Gasteiger charge is -2.28. The number of rotatable bonds is 8. The second-order valence-corrected chi connectivity index (χ2v) is 9.37. The third kappa shape index (κ3) is 4.62. The fourth-order valence-corrected chi connectivity index (χ4v) is 6.11. The van der Waals surface area contributed by atoms with E-state index in [1.165, 1.54) is 0 Å². The van der Waals surface area contributed by atoms with Crippen molar-refractivity contribution >= 4 is 21.6 Å². The summed E-state index contributed by atoms with van der Waals surface area (Å²) in [5, 5.41) is 9.06. The fraction of sp³-hybridized carbons (Fsp3) is 0.368. The number of aliphatic hydroxyl groups is 1. The minimum Gasteiger partial charge on any atom is -0.395 e. The van der Waals surface area contributed by atoms with Crippen LogP contribution in [0.5, 0.6) is 0 Å². The molecule has 0 saturated carbocycles. The molecule has 24 heavy (non-hydrogen) atoms. The molecule has 0 heterocycles. The van der Waals surface area contributed by atoms with Gasteiger partial charge in [0, 0.05) is 10.6 Å². The first-order chi connectivity index (χ1) is 11.5. The van der Waals surface area contributed by atoms with Crippen LogP contribution in [0.4, 0.5) is 0 Å². The van der Waals surface area contributed by atoms with Gasteiger partial charge in [0.05, 0.1) is 16.8 Å².